The number of hydrogen-bond acceptors (Lipinski definition) is 4. The van der Waals surface area contributed by atoms with Gasteiger partial charge in [0.15, 0.2) is 17.4 Å². The molecule has 0 aliphatic carbocycles. The molecule has 1 heterocycles. The highest BCUT2D eigenvalue weighted by atomic mass is 19.2. The van der Waals surface area contributed by atoms with Crippen molar-refractivity contribution in [2.24, 2.45) is 0 Å². The van der Waals surface area contributed by atoms with Crippen molar-refractivity contribution in [1.82, 2.24) is 0 Å². The van der Waals surface area contributed by atoms with E-state index in [4.69, 9.17) is 4.74 Å². The van der Waals surface area contributed by atoms with Crippen LogP contribution in [0.4, 0.5) is 14.5 Å². The molecule has 1 aliphatic rings. The Morgan fingerprint density at radius 2 is 1.90 bits per heavy atom. The SMILES string of the molecule is CC(=O)c1cc(CO)c(N2C[C@@H](C)O[C@@H](C)C2)c(F)c1F. The summed E-state index contributed by atoms with van der Waals surface area (Å²) in [7, 11) is 0. The lowest BCUT2D eigenvalue weighted by molar-refractivity contribution is -0.00554. The van der Waals surface area contributed by atoms with Gasteiger partial charge in [0.25, 0.3) is 0 Å². The number of carbonyl (C=O) groups is 1. The van der Waals surface area contributed by atoms with Crippen molar-refractivity contribution >= 4 is 11.5 Å². The summed E-state index contributed by atoms with van der Waals surface area (Å²) in [6.07, 6.45) is -0.259. The molecule has 1 N–H and O–H groups in total. The van der Waals surface area contributed by atoms with E-state index in [0.29, 0.717) is 13.1 Å². The van der Waals surface area contributed by atoms with Gasteiger partial charge < -0.3 is 14.7 Å². The van der Waals surface area contributed by atoms with Crippen LogP contribution in [0.15, 0.2) is 6.07 Å². The number of anilines is 1. The van der Waals surface area contributed by atoms with E-state index in [1.54, 1.807) is 4.90 Å². The maximum absolute atomic E-state index is 14.4. The van der Waals surface area contributed by atoms with Gasteiger partial charge in [-0.1, -0.05) is 0 Å². The molecule has 2 atom stereocenters. The molecular formula is C15H19F2NO3. The van der Waals surface area contributed by atoms with Gasteiger partial charge >= 0.3 is 0 Å². The molecule has 116 valence electrons. The van der Waals surface area contributed by atoms with Crippen LogP contribution in [-0.4, -0.2) is 36.2 Å². The summed E-state index contributed by atoms with van der Waals surface area (Å²) in [4.78, 5) is 13.0. The number of benzene rings is 1. The summed E-state index contributed by atoms with van der Waals surface area (Å²) in [5.74, 6) is -2.83. The van der Waals surface area contributed by atoms with Crippen molar-refractivity contribution in [3.63, 3.8) is 0 Å². The van der Waals surface area contributed by atoms with Crippen molar-refractivity contribution in [3.05, 3.63) is 28.8 Å². The van der Waals surface area contributed by atoms with Crippen LogP contribution in [0.3, 0.4) is 0 Å². The van der Waals surface area contributed by atoms with Crippen molar-refractivity contribution in [1.29, 1.82) is 0 Å². The van der Waals surface area contributed by atoms with Gasteiger partial charge in [-0.25, -0.2) is 8.78 Å². The number of ketones is 1. The van der Waals surface area contributed by atoms with Crippen LogP contribution >= 0.6 is 0 Å². The zero-order chi connectivity index (χ0) is 15.7. The molecule has 1 aliphatic heterocycles. The van der Waals surface area contributed by atoms with E-state index in [2.05, 4.69) is 0 Å². The number of nitrogens with zero attached hydrogens (tertiary/aromatic N) is 1. The number of carbonyl (C=O) groups excluding carboxylic acids is 1. The highest BCUT2D eigenvalue weighted by Gasteiger charge is 2.29. The predicted octanol–water partition coefficient (Wildman–Crippen LogP) is 2.27. The van der Waals surface area contributed by atoms with Crippen molar-refractivity contribution in [3.8, 4) is 0 Å². The van der Waals surface area contributed by atoms with Crippen molar-refractivity contribution in [2.45, 2.75) is 39.6 Å². The van der Waals surface area contributed by atoms with E-state index in [1.807, 2.05) is 13.8 Å². The van der Waals surface area contributed by atoms with Crippen LogP contribution in [0.2, 0.25) is 0 Å². The Kier molecular flexibility index (Phi) is 4.58. The van der Waals surface area contributed by atoms with Crippen LogP contribution < -0.4 is 4.90 Å². The number of ether oxygens (including phenoxy) is 1. The number of hydrogen-bond donors (Lipinski definition) is 1. The second kappa shape index (κ2) is 6.07. The molecule has 0 unspecified atom stereocenters. The third kappa shape index (κ3) is 3.06. The lowest BCUT2D eigenvalue weighted by atomic mass is 10.0. The quantitative estimate of drug-likeness (QED) is 0.870. The number of halogens is 2. The Bertz CT molecular complexity index is 552. The standard InChI is InChI=1S/C15H19F2NO3/c1-8-5-18(6-9(2)21-8)15-11(7-19)4-12(10(3)20)13(16)14(15)17/h4,8-9,19H,5-7H2,1-3H3/t8-,9+. The Hall–Kier alpha value is -1.53. The van der Waals surface area contributed by atoms with Gasteiger partial charge in [-0.05, 0) is 26.8 Å². The van der Waals surface area contributed by atoms with Gasteiger partial charge in [0.05, 0.1) is 30.1 Å². The Morgan fingerprint density at radius 3 is 2.38 bits per heavy atom. The average Bonchev–Trinajstić information content (AvgIpc) is 2.39. The fourth-order valence-corrected chi connectivity index (χ4v) is 2.75. The van der Waals surface area contributed by atoms with Gasteiger partial charge in [0.1, 0.15) is 0 Å². The molecule has 0 spiro atoms. The van der Waals surface area contributed by atoms with Crippen LogP contribution in [0.25, 0.3) is 0 Å². The first-order valence-corrected chi connectivity index (χ1v) is 6.88. The number of Topliss-reactive ketones (excluding diaryl/α,β-unsaturated/α-hetero) is 1. The molecule has 0 bridgehead atoms. The second-order valence-corrected chi connectivity index (χ2v) is 5.44. The first-order valence-electron chi connectivity index (χ1n) is 6.88. The highest BCUT2D eigenvalue weighted by molar-refractivity contribution is 5.95. The molecule has 4 nitrogen and oxygen atoms in total. The van der Waals surface area contributed by atoms with E-state index in [-0.39, 0.29) is 29.0 Å². The summed E-state index contributed by atoms with van der Waals surface area (Å²) in [6.45, 7) is 5.18. The van der Waals surface area contributed by atoms with E-state index >= 15 is 0 Å². The Labute approximate surface area is 122 Å². The van der Waals surface area contributed by atoms with Gasteiger partial charge in [0, 0.05) is 18.7 Å². The Balaban J connectivity index is 2.52. The third-order valence-electron chi connectivity index (χ3n) is 3.55. The lowest BCUT2D eigenvalue weighted by Crippen LogP contribution is -2.46. The van der Waals surface area contributed by atoms with E-state index < -0.39 is 24.0 Å². The van der Waals surface area contributed by atoms with Crippen LogP contribution in [-0.2, 0) is 11.3 Å². The van der Waals surface area contributed by atoms with E-state index in [1.165, 1.54) is 6.07 Å². The average molecular weight is 299 g/mol. The van der Waals surface area contributed by atoms with Gasteiger partial charge in [0.2, 0.25) is 0 Å². The van der Waals surface area contributed by atoms with Crippen LogP contribution in [0.1, 0.15) is 36.7 Å². The molecule has 0 saturated carbocycles. The molecule has 2 rings (SSSR count). The van der Waals surface area contributed by atoms with Crippen molar-refractivity contribution < 1.29 is 23.4 Å². The molecule has 6 heteroatoms. The fraction of sp³-hybridized carbons (Fsp3) is 0.533. The topological polar surface area (TPSA) is 49.8 Å². The van der Waals surface area contributed by atoms with Crippen LogP contribution in [0.5, 0.6) is 0 Å². The minimum absolute atomic E-state index is 0.0157. The molecule has 1 aromatic rings. The first-order chi connectivity index (χ1) is 9.85. The molecule has 0 amide bonds. The monoisotopic (exact) mass is 299 g/mol. The van der Waals surface area contributed by atoms with Gasteiger partial charge in [-0.3, -0.25) is 4.79 Å². The second-order valence-electron chi connectivity index (χ2n) is 5.44. The minimum Gasteiger partial charge on any atom is -0.392 e. The van der Waals surface area contributed by atoms with Gasteiger partial charge in [-0.15, -0.1) is 0 Å². The number of aliphatic hydroxyl groups is 1. The summed E-state index contributed by atoms with van der Waals surface area (Å²) in [5, 5.41) is 9.44. The van der Waals surface area contributed by atoms with Crippen molar-refractivity contribution in [2.75, 3.05) is 18.0 Å². The summed E-state index contributed by atoms with van der Waals surface area (Å²) in [5.41, 5.74) is -0.114. The molecule has 0 radical (unpaired) electrons. The molecule has 1 saturated heterocycles. The number of aliphatic hydroxyl groups excluding tert-OH is 1. The summed E-state index contributed by atoms with van der Waals surface area (Å²) < 4.78 is 34.0. The maximum atomic E-state index is 14.4. The number of morpholine rings is 1. The van der Waals surface area contributed by atoms with E-state index in [9.17, 15) is 18.7 Å². The largest absolute Gasteiger partial charge is 0.392 e. The molecule has 21 heavy (non-hydrogen) atoms. The number of rotatable bonds is 3. The summed E-state index contributed by atoms with van der Waals surface area (Å²) >= 11 is 0. The third-order valence-corrected chi connectivity index (χ3v) is 3.55. The maximum Gasteiger partial charge on any atom is 0.183 e. The molecular weight excluding hydrogens is 280 g/mol. The Morgan fingerprint density at radius 1 is 1.33 bits per heavy atom. The minimum atomic E-state index is -1.17. The lowest BCUT2D eigenvalue weighted by Gasteiger charge is -2.38. The molecule has 1 aromatic carbocycles. The zero-order valence-corrected chi connectivity index (χ0v) is 12.3. The molecule has 1 fully saturated rings. The fourth-order valence-electron chi connectivity index (χ4n) is 2.75. The first kappa shape index (κ1) is 15.9. The highest BCUT2D eigenvalue weighted by Crippen LogP contribution is 2.31. The zero-order valence-electron chi connectivity index (χ0n) is 12.3. The molecule has 0 aromatic heterocycles. The predicted molar refractivity (Wildman–Crippen MR) is 74.5 cm³/mol. The normalized spacial score (nSPS) is 22.5. The van der Waals surface area contributed by atoms with Crippen LogP contribution in [0, 0.1) is 11.6 Å². The smallest absolute Gasteiger partial charge is 0.183 e. The van der Waals surface area contributed by atoms with Gasteiger partial charge in [-0.2, -0.15) is 0 Å². The van der Waals surface area contributed by atoms with E-state index in [0.717, 1.165) is 6.92 Å². The summed E-state index contributed by atoms with van der Waals surface area (Å²) in [6, 6.07) is 1.22.